The van der Waals surface area contributed by atoms with Gasteiger partial charge in [0.25, 0.3) is 10.0 Å². The van der Waals surface area contributed by atoms with Crippen LogP contribution in [-0.4, -0.2) is 15.5 Å². The SMILES string of the molecule is CNCc1scc(C)c1S(=O)(=O)Nc1ccc(Br)c(C)c1. The quantitative estimate of drug-likeness (QED) is 0.821. The van der Waals surface area contributed by atoms with Crippen LogP contribution in [0.15, 0.2) is 32.9 Å². The van der Waals surface area contributed by atoms with E-state index in [1.54, 1.807) is 19.2 Å². The zero-order chi connectivity index (χ0) is 15.6. The van der Waals surface area contributed by atoms with Crippen molar-refractivity contribution in [1.29, 1.82) is 0 Å². The number of nitrogens with one attached hydrogen (secondary N) is 2. The van der Waals surface area contributed by atoms with Crippen LogP contribution < -0.4 is 10.0 Å². The zero-order valence-electron chi connectivity index (χ0n) is 12.0. The standard InChI is InChI=1S/C14H17BrN2O2S2/c1-9-6-11(4-5-12(9)15)17-21(18,19)14-10(2)8-20-13(14)7-16-3/h4-6,8,16-17H,7H2,1-3H3. The van der Waals surface area contributed by atoms with Gasteiger partial charge in [-0.05, 0) is 55.6 Å². The Hall–Kier alpha value is -0.890. The second-order valence-corrected chi connectivity index (χ2v) is 8.21. The van der Waals surface area contributed by atoms with Gasteiger partial charge in [-0.15, -0.1) is 11.3 Å². The Labute approximate surface area is 137 Å². The summed E-state index contributed by atoms with van der Waals surface area (Å²) in [4.78, 5) is 1.19. The molecular weight excluding hydrogens is 372 g/mol. The second-order valence-electron chi connectivity index (χ2n) is 4.77. The Morgan fingerprint density at radius 1 is 1.24 bits per heavy atom. The molecule has 2 rings (SSSR count). The highest BCUT2D eigenvalue weighted by atomic mass is 79.9. The number of rotatable bonds is 5. The van der Waals surface area contributed by atoms with Gasteiger partial charge in [0.15, 0.2) is 0 Å². The van der Waals surface area contributed by atoms with Gasteiger partial charge in [-0.3, -0.25) is 4.72 Å². The maximum atomic E-state index is 12.6. The lowest BCUT2D eigenvalue weighted by molar-refractivity contribution is 0.599. The number of anilines is 1. The molecule has 0 amide bonds. The van der Waals surface area contributed by atoms with Gasteiger partial charge in [-0.2, -0.15) is 0 Å². The molecule has 0 bridgehead atoms. The predicted molar refractivity (Wildman–Crippen MR) is 91.5 cm³/mol. The number of hydrogen-bond donors (Lipinski definition) is 2. The fourth-order valence-electron chi connectivity index (χ4n) is 2.05. The number of aryl methyl sites for hydroxylation is 2. The van der Waals surface area contributed by atoms with Gasteiger partial charge in [0.05, 0.1) is 0 Å². The van der Waals surface area contributed by atoms with Gasteiger partial charge in [0, 0.05) is 21.6 Å². The van der Waals surface area contributed by atoms with E-state index in [9.17, 15) is 8.42 Å². The third kappa shape index (κ3) is 3.66. The Balaban J connectivity index is 2.38. The van der Waals surface area contributed by atoms with Crippen LogP contribution in [0.4, 0.5) is 5.69 Å². The Bertz CT molecular complexity index is 754. The van der Waals surface area contributed by atoms with Crippen molar-refractivity contribution < 1.29 is 8.42 Å². The Kier molecular flexibility index (Phi) is 5.08. The third-order valence-electron chi connectivity index (χ3n) is 3.01. The van der Waals surface area contributed by atoms with E-state index in [1.807, 2.05) is 25.3 Å². The summed E-state index contributed by atoms with van der Waals surface area (Å²) in [6.45, 7) is 4.27. The van der Waals surface area contributed by atoms with E-state index in [-0.39, 0.29) is 0 Å². The fraction of sp³-hybridized carbons (Fsp3) is 0.286. The van der Waals surface area contributed by atoms with Crippen molar-refractivity contribution in [2.24, 2.45) is 0 Å². The van der Waals surface area contributed by atoms with Crippen LogP contribution in [0.3, 0.4) is 0 Å². The zero-order valence-corrected chi connectivity index (χ0v) is 15.2. The molecule has 1 aromatic carbocycles. The highest BCUT2D eigenvalue weighted by Gasteiger charge is 2.22. The van der Waals surface area contributed by atoms with Gasteiger partial charge in [-0.25, -0.2) is 8.42 Å². The van der Waals surface area contributed by atoms with E-state index < -0.39 is 10.0 Å². The molecule has 0 saturated carbocycles. The minimum absolute atomic E-state index is 0.377. The topological polar surface area (TPSA) is 58.2 Å². The van der Waals surface area contributed by atoms with Crippen molar-refractivity contribution in [2.75, 3.05) is 11.8 Å². The first-order chi connectivity index (χ1) is 9.85. The van der Waals surface area contributed by atoms with Crippen LogP contribution in [0.2, 0.25) is 0 Å². The average molecular weight is 389 g/mol. The van der Waals surface area contributed by atoms with Crippen molar-refractivity contribution in [3.05, 3.63) is 44.1 Å². The average Bonchev–Trinajstić information content (AvgIpc) is 2.76. The number of halogens is 1. The van der Waals surface area contributed by atoms with Crippen LogP contribution in [0.5, 0.6) is 0 Å². The fourth-order valence-corrected chi connectivity index (χ4v) is 5.17. The van der Waals surface area contributed by atoms with Crippen LogP contribution in [0, 0.1) is 13.8 Å². The number of benzene rings is 1. The van der Waals surface area contributed by atoms with Crippen LogP contribution >= 0.6 is 27.3 Å². The monoisotopic (exact) mass is 388 g/mol. The molecule has 0 radical (unpaired) electrons. The Morgan fingerprint density at radius 2 is 1.95 bits per heavy atom. The highest BCUT2D eigenvalue weighted by Crippen LogP contribution is 2.29. The number of hydrogen-bond acceptors (Lipinski definition) is 4. The van der Waals surface area contributed by atoms with Crippen LogP contribution in [-0.2, 0) is 16.6 Å². The molecule has 2 N–H and O–H groups in total. The molecule has 0 unspecified atom stereocenters. The maximum absolute atomic E-state index is 12.6. The van der Waals surface area contributed by atoms with Gasteiger partial charge < -0.3 is 5.32 Å². The molecule has 0 fully saturated rings. The lowest BCUT2D eigenvalue weighted by Gasteiger charge is -2.11. The molecule has 4 nitrogen and oxygen atoms in total. The van der Waals surface area contributed by atoms with Gasteiger partial charge in [-0.1, -0.05) is 15.9 Å². The van der Waals surface area contributed by atoms with Gasteiger partial charge in [0.1, 0.15) is 4.90 Å². The van der Waals surface area contributed by atoms with E-state index in [0.29, 0.717) is 17.1 Å². The summed E-state index contributed by atoms with van der Waals surface area (Å²) in [6.07, 6.45) is 0. The second kappa shape index (κ2) is 6.48. The summed E-state index contributed by atoms with van der Waals surface area (Å²) >= 11 is 4.86. The van der Waals surface area contributed by atoms with Gasteiger partial charge in [0.2, 0.25) is 0 Å². The molecule has 0 aliphatic heterocycles. The van der Waals surface area contributed by atoms with Crippen molar-refractivity contribution >= 4 is 43.0 Å². The molecule has 114 valence electrons. The molecule has 21 heavy (non-hydrogen) atoms. The summed E-state index contributed by atoms with van der Waals surface area (Å²) in [7, 11) is -1.78. The third-order valence-corrected chi connectivity index (χ3v) is 6.74. The van der Waals surface area contributed by atoms with E-state index in [4.69, 9.17) is 0 Å². The summed E-state index contributed by atoms with van der Waals surface area (Å²) < 4.78 is 28.9. The molecule has 0 aliphatic rings. The smallest absolute Gasteiger partial charge is 0.263 e. The molecule has 2 aromatic rings. The summed E-state index contributed by atoms with van der Waals surface area (Å²) in [5, 5.41) is 4.87. The molecule has 7 heteroatoms. The first-order valence-corrected chi connectivity index (χ1v) is 9.51. The van der Waals surface area contributed by atoms with Crippen LogP contribution in [0.1, 0.15) is 16.0 Å². The first kappa shape index (κ1) is 16.5. The first-order valence-electron chi connectivity index (χ1n) is 6.35. The maximum Gasteiger partial charge on any atom is 0.263 e. The van der Waals surface area contributed by atoms with Crippen molar-refractivity contribution in [1.82, 2.24) is 5.32 Å². The van der Waals surface area contributed by atoms with Crippen molar-refractivity contribution in [3.8, 4) is 0 Å². The minimum Gasteiger partial charge on any atom is -0.315 e. The number of sulfonamides is 1. The van der Waals surface area contributed by atoms with Crippen molar-refractivity contribution in [2.45, 2.75) is 25.3 Å². The molecule has 0 atom stereocenters. The van der Waals surface area contributed by atoms with E-state index in [0.717, 1.165) is 20.5 Å². The molecule has 0 spiro atoms. The summed E-state index contributed by atoms with van der Waals surface area (Å²) in [5.74, 6) is 0. The molecule has 0 aliphatic carbocycles. The largest absolute Gasteiger partial charge is 0.315 e. The molecule has 0 saturated heterocycles. The van der Waals surface area contributed by atoms with E-state index >= 15 is 0 Å². The van der Waals surface area contributed by atoms with Gasteiger partial charge >= 0.3 is 0 Å². The molecular formula is C14H17BrN2O2S2. The lowest BCUT2D eigenvalue weighted by Crippen LogP contribution is -2.16. The lowest BCUT2D eigenvalue weighted by atomic mass is 10.2. The summed E-state index contributed by atoms with van der Waals surface area (Å²) in [6, 6.07) is 5.39. The molecule has 1 aromatic heterocycles. The van der Waals surface area contributed by atoms with Crippen LogP contribution in [0.25, 0.3) is 0 Å². The minimum atomic E-state index is -3.58. The number of thiophene rings is 1. The van der Waals surface area contributed by atoms with Crippen molar-refractivity contribution in [3.63, 3.8) is 0 Å². The normalized spacial score (nSPS) is 11.6. The molecule has 1 heterocycles. The Morgan fingerprint density at radius 3 is 2.57 bits per heavy atom. The highest BCUT2D eigenvalue weighted by molar-refractivity contribution is 9.10. The summed E-state index contributed by atoms with van der Waals surface area (Å²) in [5.41, 5.74) is 2.32. The van der Waals surface area contributed by atoms with E-state index in [1.165, 1.54) is 11.3 Å². The van der Waals surface area contributed by atoms with E-state index in [2.05, 4.69) is 26.0 Å². The predicted octanol–water partition coefficient (Wildman–Crippen LogP) is 3.65.